The molecule has 23 heavy (non-hydrogen) atoms. The standard InChI is InChI=1S/C18H19NO4/c1-22-17-12-14(4-8-16(17)20)5-9-18(21)23-15-6-2-13(3-7-15)10-11-19/h2-9,12,20H,10-11,19H2,1H3. The molecule has 0 fully saturated rings. The van der Waals surface area contributed by atoms with Crippen molar-refractivity contribution in [2.24, 2.45) is 5.73 Å². The van der Waals surface area contributed by atoms with Crippen molar-refractivity contribution in [3.63, 3.8) is 0 Å². The van der Waals surface area contributed by atoms with E-state index in [9.17, 15) is 9.90 Å². The normalized spacial score (nSPS) is 10.7. The number of benzene rings is 2. The fourth-order valence-corrected chi connectivity index (χ4v) is 2.00. The topological polar surface area (TPSA) is 81.8 Å². The minimum Gasteiger partial charge on any atom is -0.504 e. The van der Waals surface area contributed by atoms with E-state index in [-0.39, 0.29) is 5.75 Å². The molecule has 0 amide bonds. The summed E-state index contributed by atoms with van der Waals surface area (Å²) >= 11 is 0. The third-order valence-corrected chi connectivity index (χ3v) is 3.19. The van der Waals surface area contributed by atoms with Crippen LogP contribution in [0.2, 0.25) is 0 Å². The summed E-state index contributed by atoms with van der Waals surface area (Å²) in [5, 5.41) is 9.52. The molecular formula is C18H19NO4. The first kappa shape index (κ1) is 16.6. The minimum atomic E-state index is -0.483. The second kappa shape index (κ2) is 8.00. The van der Waals surface area contributed by atoms with Gasteiger partial charge in [-0.2, -0.15) is 0 Å². The molecule has 0 radical (unpaired) electrons. The molecule has 0 aliphatic heterocycles. The predicted octanol–water partition coefficient (Wildman–Crippen LogP) is 2.52. The third kappa shape index (κ3) is 4.86. The summed E-state index contributed by atoms with van der Waals surface area (Å²) in [6.07, 6.45) is 3.70. The molecule has 0 atom stereocenters. The van der Waals surface area contributed by atoms with Crippen LogP contribution in [0.3, 0.4) is 0 Å². The quantitative estimate of drug-likeness (QED) is 0.486. The van der Waals surface area contributed by atoms with Crippen molar-refractivity contribution in [1.29, 1.82) is 0 Å². The van der Waals surface area contributed by atoms with Crippen molar-refractivity contribution in [3.05, 3.63) is 59.7 Å². The van der Waals surface area contributed by atoms with Crippen molar-refractivity contribution < 1.29 is 19.4 Å². The van der Waals surface area contributed by atoms with E-state index in [2.05, 4.69) is 0 Å². The zero-order valence-electron chi connectivity index (χ0n) is 12.9. The number of ether oxygens (including phenoxy) is 2. The highest BCUT2D eigenvalue weighted by atomic mass is 16.5. The monoisotopic (exact) mass is 313 g/mol. The number of rotatable bonds is 6. The lowest BCUT2D eigenvalue weighted by Crippen LogP contribution is -2.05. The number of hydrogen-bond donors (Lipinski definition) is 2. The summed E-state index contributed by atoms with van der Waals surface area (Å²) < 4.78 is 10.2. The SMILES string of the molecule is COc1cc(C=CC(=O)Oc2ccc(CCN)cc2)ccc1O. The van der Waals surface area contributed by atoms with Crippen LogP contribution in [0, 0.1) is 0 Å². The molecule has 0 aliphatic carbocycles. The minimum absolute atomic E-state index is 0.0461. The molecule has 2 aromatic rings. The maximum Gasteiger partial charge on any atom is 0.336 e. The Kier molecular flexibility index (Phi) is 5.77. The van der Waals surface area contributed by atoms with Crippen LogP contribution in [0.25, 0.3) is 6.08 Å². The summed E-state index contributed by atoms with van der Waals surface area (Å²) in [5.74, 6) is 0.383. The molecular weight excluding hydrogens is 294 g/mol. The smallest absolute Gasteiger partial charge is 0.336 e. The Labute approximate surface area is 135 Å². The van der Waals surface area contributed by atoms with Gasteiger partial charge in [-0.25, -0.2) is 4.79 Å². The zero-order valence-corrected chi connectivity index (χ0v) is 12.9. The number of aromatic hydroxyl groups is 1. The average molecular weight is 313 g/mol. The highest BCUT2D eigenvalue weighted by Crippen LogP contribution is 2.26. The largest absolute Gasteiger partial charge is 0.504 e. The molecule has 0 unspecified atom stereocenters. The summed E-state index contributed by atoms with van der Waals surface area (Å²) in [5.41, 5.74) is 7.30. The maximum absolute atomic E-state index is 11.8. The molecule has 5 nitrogen and oxygen atoms in total. The number of hydrogen-bond acceptors (Lipinski definition) is 5. The fourth-order valence-electron chi connectivity index (χ4n) is 2.00. The summed E-state index contributed by atoms with van der Waals surface area (Å²) in [4.78, 5) is 11.8. The molecule has 5 heteroatoms. The summed E-state index contributed by atoms with van der Waals surface area (Å²) in [6.45, 7) is 0.581. The Morgan fingerprint density at radius 1 is 1.22 bits per heavy atom. The van der Waals surface area contributed by atoms with Gasteiger partial charge in [-0.3, -0.25) is 0 Å². The molecule has 0 aromatic heterocycles. The van der Waals surface area contributed by atoms with Crippen LogP contribution in [0.5, 0.6) is 17.2 Å². The second-order valence-corrected chi connectivity index (χ2v) is 4.87. The van der Waals surface area contributed by atoms with Gasteiger partial charge in [-0.1, -0.05) is 18.2 Å². The average Bonchev–Trinajstić information content (AvgIpc) is 2.56. The lowest BCUT2D eigenvalue weighted by atomic mass is 10.1. The Bertz CT molecular complexity index is 693. The molecule has 0 saturated heterocycles. The van der Waals surface area contributed by atoms with Gasteiger partial charge in [0, 0.05) is 6.08 Å². The number of phenolic OH excluding ortho intramolecular Hbond substituents is 1. The van der Waals surface area contributed by atoms with Crippen LogP contribution in [0.15, 0.2) is 48.5 Å². The Hall–Kier alpha value is -2.79. The highest BCUT2D eigenvalue weighted by Gasteiger charge is 2.03. The summed E-state index contributed by atoms with van der Waals surface area (Å²) in [7, 11) is 1.46. The van der Waals surface area contributed by atoms with Crippen LogP contribution >= 0.6 is 0 Å². The predicted molar refractivity (Wildman–Crippen MR) is 88.5 cm³/mol. The van der Waals surface area contributed by atoms with Crippen molar-refractivity contribution in [3.8, 4) is 17.2 Å². The van der Waals surface area contributed by atoms with E-state index in [1.165, 1.54) is 19.3 Å². The van der Waals surface area contributed by atoms with E-state index in [4.69, 9.17) is 15.2 Å². The number of carbonyl (C=O) groups excluding carboxylic acids is 1. The number of phenols is 1. The fraction of sp³-hybridized carbons (Fsp3) is 0.167. The lowest BCUT2D eigenvalue weighted by molar-refractivity contribution is -0.128. The Morgan fingerprint density at radius 3 is 2.61 bits per heavy atom. The molecule has 2 rings (SSSR count). The second-order valence-electron chi connectivity index (χ2n) is 4.87. The first-order chi connectivity index (χ1) is 11.1. The van der Waals surface area contributed by atoms with Gasteiger partial charge >= 0.3 is 5.97 Å². The van der Waals surface area contributed by atoms with Gasteiger partial charge < -0.3 is 20.3 Å². The highest BCUT2D eigenvalue weighted by molar-refractivity contribution is 5.88. The van der Waals surface area contributed by atoms with Gasteiger partial charge in [-0.05, 0) is 54.4 Å². The molecule has 2 aromatic carbocycles. The van der Waals surface area contributed by atoms with Crippen molar-refractivity contribution in [1.82, 2.24) is 0 Å². The van der Waals surface area contributed by atoms with Gasteiger partial charge in [0.25, 0.3) is 0 Å². The van der Waals surface area contributed by atoms with Crippen LogP contribution in [-0.4, -0.2) is 24.7 Å². The molecule has 120 valence electrons. The first-order valence-corrected chi connectivity index (χ1v) is 7.18. The van der Waals surface area contributed by atoms with Gasteiger partial charge in [0.2, 0.25) is 0 Å². The maximum atomic E-state index is 11.8. The van der Waals surface area contributed by atoms with Gasteiger partial charge in [0.15, 0.2) is 11.5 Å². The number of nitrogens with two attached hydrogens (primary N) is 1. The van der Waals surface area contributed by atoms with Gasteiger partial charge in [0.1, 0.15) is 5.75 Å². The first-order valence-electron chi connectivity index (χ1n) is 7.18. The van der Waals surface area contributed by atoms with E-state index in [0.29, 0.717) is 18.0 Å². The number of esters is 1. The molecule has 0 saturated carbocycles. The number of carbonyl (C=O) groups is 1. The van der Waals surface area contributed by atoms with E-state index < -0.39 is 5.97 Å². The van der Waals surface area contributed by atoms with Crippen molar-refractivity contribution >= 4 is 12.0 Å². The molecule has 0 bridgehead atoms. The molecule has 0 aliphatic rings. The molecule has 0 spiro atoms. The van der Waals surface area contributed by atoms with Gasteiger partial charge in [0.05, 0.1) is 7.11 Å². The van der Waals surface area contributed by atoms with Crippen LogP contribution in [0.4, 0.5) is 0 Å². The Balaban J connectivity index is 1.98. The Morgan fingerprint density at radius 2 is 1.96 bits per heavy atom. The zero-order chi connectivity index (χ0) is 16.7. The van der Waals surface area contributed by atoms with E-state index in [1.54, 1.807) is 30.3 Å². The lowest BCUT2D eigenvalue weighted by Gasteiger charge is -2.04. The molecule has 3 N–H and O–H groups in total. The van der Waals surface area contributed by atoms with Crippen molar-refractivity contribution in [2.75, 3.05) is 13.7 Å². The van der Waals surface area contributed by atoms with Crippen LogP contribution in [-0.2, 0) is 11.2 Å². The summed E-state index contributed by atoms with van der Waals surface area (Å²) in [6, 6.07) is 12.0. The number of methoxy groups -OCH3 is 1. The molecule has 0 heterocycles. The van der Waals surface area contributed by atoms with Gasteiger partial charge in [-0.15, -0.1) is 0 Å². The third-order valence-electron chi connectivity index (χ3n) is 3.19. The van der Waals surface area contributed by atoms with Crippen LogP contribution in [0.1, 0.15) is 11.1 Å². The van der Waals surface area contributed by atoms with Crippen LogP contribution < -0.4 is 15.2 Å². The van der Waals surface area contributed by atoms with E-state index in [0.717, 1.165) is 17.5 Å². The van der Waals surface area contributed by atoms with E-state index >= 15 is 0 Å². The van der Waals surface area contributed by atoms with Crippen molar-refractivity contribution in [2.45, 2.75) is 6.42 Å². The van der Waals surface area contributed by atoms with E-state index in [1.807, 2.05) is 12.1 Å².